The second kappa shape index (κ2) is 8.51. The number of thiophene rings is 1. The van der Waals surface area contributed by atoms with Crippen molar-refractivity contribution in [2.45, 2.75) is 38.8 Å². The van der Waals surface area contributed by atoms with Gasteiger partial charge in [0, 0.05) is 40.9 Å². The number of aryl methyl sites for hydroxylation is 1. The van der Waals surface area contributed by atoms with Crippen LogP contribution in [0, 0.1) is 5.92 Å². The maximum absolute atomic E-state index is 13.3. The topological polar surface area (TPSA) is 72.3 Å². The number of carbonyl (C=O) groups is 1. The van der Waals surface area contributed by atoms with Crippen LogP contribution in [0.1, 0.15) is 46.2 Å². The summed E-state index contributed by atoms with van der Waals surface area (Å²) < 4.78 is 7.67. The average molecular weight is 484 g/mol. The van der Waals surface area contributed by atoms with E-state index in [0.717, 1.165) is 41.5 Å². The van der Waals surface area contributed by atoms with Gasteiger partial charge in [-0.2, -0.15) is 0 Å². The van der Waals surface area contributed by atoms with Crippen molar-refractivity contribution in [3.8, 4) is 5.00 Å². The van der Waals surface area contributed by atoms with Crippen molar-refractivity contribution in [3.63, 3.8) is 0 Å². The molecule has 3 aromatic rings. The molecular weight excluding hydrogens is 458 g/mol. The fraction of sp³-hybridized carbons (Fsp3) is 0.458. The quantitative estimate of drug-likeness (QED) is 0.618. The molecule has 2 aromatic heterocycles. The van der Waals surface area contributed by atoms with E-state index in [4.69, 9.17) is 16.3 Å². The van der Waals surface area contributed by atoms with Gasteiger partial charge >= 0.3 is 0 Å². The number of aromatic nitrogens is 3. The Balaban J connectivity index is 1.44. The van der Waals surface area contributed by atoms with Gasteiger partial charge in [-0.05, 0) is 30.0 Å². The third kappa shape index (κ3) is 3.51. The van der Waals surface area contributed by atoms with E-state index < -0.39 is 0 Å². The highest BCUT2D eigenvalue weighted by Crippen LogP contribution is 2.47. The van der Waals surface area contributed by atoms with Crippen LogP contribution < -0.4 is 5.32 Å². The van der Waals surface area contributed by atoms with Crippen molar-refractivity contribution in [3.05, 3.63) is 62.5 Å². The van der Waals surface area contributed by atoms with Gasteiger partial charge < -0.3 is 9.64 Å². The number of benzene rings is 1. The summed E-state index contributed by atoms with van der Waals surface area (Å²) in [7, 11) is 0. The fourth-order valence-electron chi connectivity index (χ4n) is 5.33. The number of amides is 1. The summed E-state index contributed by atoms with van der Waals surface area (Å²) in [5.74, 6) is 2.14. The second-order valence-corrected chi connectivity index (χ2v) is 10.3. The number of nitrogens with zero attached hydrogens (tertiary/aromatic N) is 4. The van der Waals surface area contributed by atoms with E-state index in [1.165, 1.54) is 21.0 Å². The van der Waals surface area contributed by atoms with Crippen LogP contribution in [0.25, 0.3) is 5.00 Å². The number of morpholine rings is 1. The second-order valence-electron chi connectivity index (χ2n) is 8.82. The number of rotatable bonds is 3. The number of ether oxygens (including phenoxy) is 1. The van der Waals surface area contributed by atoms with Crippen molar-refractivity contribution in [1.82, 2.24) is 25.0 Å². The van der Waals surface area contributed by atoms with E-state index in [-0.39, 0.29) is 17.9 Å². The zero-order chi connectivity index (χ0) is 22.5. The Morgan fingerprint density at radius 3 is 2.85 bits per heavy atom. The summed E-state index contributed by atoms with van der Waals surface area (Å²) in [5, 5.41) is 14.5. The molecule has 1 aromatic carbocycles. The Hall–Kier alpha value is -2.26. The summed E-state index contributed by atoms with van der Waals surface area (Å²) in [5.41, 5.74) is 3.58. The lowest BCUT2D eigenvalue weighted by molar-refractivity contribution is -0.139. The van der Waals surface area contributed by atoms with Gasteiger partial charge in [-0.3, -0.25) is 14.7 Å². The van der Waals surface area contributed by atoms with Gasteiger partial charge in [-0.15, -0.1) is 21.5 Å². The van der Waals surface area contributed by atoms with Crippen molar-refractivity contribution < 1.29 is 9.53 Å². The molecule has 7 nitrogen and oxygen atoms in total. The first-order chi connectivity index (χ1) is 16.2. The Bertz CT molecular complexity index is 1220. The minimum Gasteiger partial charge on any atom is -0.378 e. The highest BCUT2D eigenvalue weighted by molar-refractivity contribution is 7.15. The molecule has 1 saturated heterocycles. The Kier molecular flexibility index (Phi) is 5.49. The molecule has 1 N–H and O–H groups in total. The minimum absolute atomic E-state index is 0.00386. The molecule has 6 rings (SSSR count). The summed E-state index contributed by atoms with van der Waals surface area (Å²) in [6.45, 7) is 5.35. The highest BCUT2D eigenvalue weighted by atomic mass is 35.5. The van der Waals surface area contributed by atoms with Gasteiger partial charge in [0.25, 0.3) is 0 Å². The lowest BCUT2D eigenvalue weighted by Gasteiger charge is -2.29. The minimum atomic E-state index is -0.0580. The van der Waals surface area contributed by atoms with Crippen LogP contribution in [0.15, 0.2) is 24.3 Å². The molecule has 1 aliphatic carbocycles. The number of fused-ring (bicyclic) bond motifs is 5. The monoisotopic (exact) mass is 483 g/mol. The lowest BCUT2D eigenvalue weighted by atomic mass is 9.94. The fourth-order valence-corrected chi connectivity index (χ4v) is 7.06. The van der Waals surface area contributed by atoms with Crippen molar-refractivity contribution in [2.24, 2.45) is 5.92 Å². The van der Waals surface area contributed by atoms with E-state index in [2.05, 4.69) is 33.1 Å². The number of carbonyl (C=O) groups excluding carboxylic acids is 1. The molecule has 9 heteroatoms. The molecule has 1 amide bonds. The predicted molar refractivity (Wildman–Crippen MR) is 127 cm³/mol. The van der Waals surface area contributed by atoms with Crippen LogP contribution in [-0.4, -0.2) is 51.9 Å². The van der Waals surface area contributed by atoms with E-state index in [0.29, 0.717) is 32.8 Å². The van der Waals surface area contributed by atoms with Gasteiger partial charge in [0.2, 0.25) is 5.91 Å². The molecule has 33 heavy (non-hydrogen) atoms. The summed E-state index contributed by atoms with van der Waals surface area (Å²) in [4.78, 5) is 16.6. The zero-order valence-electron chi connectivity index (χ0n) is 18.5. The molecule has 0 saturated carbocycles. The van der Waals surface area contributed by atoms with E-state index in [1.807, 2.05) is 23.1 Å². The van der Waals surface area contributed by atoms with E-state index >= 15 is 0 Å². The third-order valence-corrected chi connectivity index (χ3v) is 8.55. The van der Waals surface area contributed by atoms with Crippen LogP contribution in [0.5, 0.6) is 0 Å². The number of nitrogens with one attached hydrogen (secondary N) is 1. The molecular formula is C24H26ClN5O2S. The molecule has 0 spiro atoms. The Morgan fingerprint density at radius 1 is 1.24 bits per heavy atom. The molecule has 2 atom stereocenters. The van der Waals surface area contributed by atoms with E-state index in [1.54, 1.807) is 11.3 Å². The first kappa shape index (κ1) is 21.3. The van der Waals surface area contributed by atoms with Crippen LogP contribution in [-0.2, 0) is 35.3 Å². The average Bonchev–Trinajstić information content (AvgIpc) is 3.50. The third-order valence-electron chi connectivity index (χ3n) is 6.95. The summed E-state index contributed by atoms with van der Waals surface area (Å²) in [6.07, 6.45) is 2.36. The molecule has 0 radical (unpaired) electrons. The summed E-state index contributed by atoms with van der Waals surface area (Å²) in [6, 6.07) is 7.97. The predicted octanol–water partition coefficient (Wildman–Crippen LogP) is 3.31. The largest absolute Gasteiger partial charge is 0.378 e. The molecule has 172 valence electrons. The van der Waals surface area contributed by atoms with E-state index in [9.17, 15) is 4.79 Å². The van der Waals surface area contributed by atoms with Crippen molar-refractivity contribution >= 4 is 28.8 Å². The molecule has 0 bridgehead atoms. The first-order valence-corrected chi connectivity index (χ1v) is 12.8. The number of halogens is 1. The Labute approximate surface area is 201 Å². The van der Waals surface area contributed by atoms with Gasteiger partial charge in [0.15, 0.2) is 5.82 Å². The summed E-state index contributed by atoms with van der Waals surface area (Å²) >= 11 is 8.47. The van der Waals surface area contributed by atoms with Gasteiger partial charge in [0.1, 0.15) is 10.8 Å². The molecule has 1 fully saturated rings. The van der Waals surface area contributed by atoms with Crippen LogP contribution in [0.2, 0.25) is 5.02 Å². The molecule has 2 aliphatic heterocycles. The van der Waals surface area contributed by atoms with Gasteiger partial charge in [-0.25, -0.2) is 0 Å². The van der Waals surface area contributed by atoms with Crippen LogP contribution in [0.3, 0.4) is 0 Å². The van der Waals surface area contributed by atoms with Crippen molar-refractivity contribution in [1.29, 1.82) is 0 Å². The standard InChI is InChI=1S/C24H26ClN5O2S/c1-2-19-27-28-20-13-26-22(15-5-3-4-6-17(15)25)21-16-11-14(12-18(16)33-24(21)30(19)20)23(31)29-7-9-32-10-8-29/h3-6,14,22,26H,2,7-13H2,1H3/t14-,22+/m0/s1. The Morgan fingerprint density at radius 2 is 2.06 bits per heavy atom. The highest BCUT2D eigenvalue weighted by Gasteiger charge is 2.39. The maximum Gasteiger partial charge on any atom is 0.226 e. The molecule has 3 aliphatic rings. The van der Waals surface area contributed by atoms with Gasteiger partial charge in [-0.1, -0.05) is 36.7 Å². The number of hydrogen-bond donors (Lipinski definition) is 1. The maximum atomic E-state index is 13.3. The SMILES string of the molecule is CCc1nnc2n1-c1sc3c(c1[C@@H](c1ccccc1Cl)NC2)C[C@H](C(=O)N1CCOCC1)C3. The van der Waals surface area contributed by atoms with Crippen LogP contribution in [0.4, 0.5) is 0 Å². The molecule has 0 unspecified atom stereocenters. The number of hydrogen-bond acceptors (Lipinski definition) is 6. The lowest BCUT2D eigenvalue weighted by Crippen LogP contribution is -2.44. The van der Waals surface area contributed by atoms with Crippen molar-refractivity contribution in [2.75, 3.05) is 26.3 Å². The normalized spacial score (nSPS) is 21.9. The zero-order valence-corrected chi connectivity index (χ0v) is 20.1. The van der Waals surface area contributed by atoms with Gasteiger partial charge in [0.05, 0.1) is 25.8 Å². The smallest absolute Gasteiger partial charge is 0.226 e. The first-order valence-electron chi connectivity index (χ1n) is 11.6. The molecule has 4 heterocycles. The van der Waals surface area contributed by atoms with Crippen LogP contribution >= 0.6 is 22.9 Å².